The molecule has 0 unspecified atom stereocenters. The zero-order valence-corrected chi connectivity index (χ0v) is 20.4. The van der Waals surface area contributed by atoms with Crippen LogP contribution in [0.2, 0.25) is 5.02 Å². The second-order valence-electron chi connectivity index (χ2n) is 7.30. The summed E-state index contributed by atoms with van der Waals surface area (Å²) >= 11 is 7.53. The van der Waals surface area contributed by atoms with E-state index in [1.54, 1.807) is 0 Å². The summed E-state index contributed by atoms with van der Waals surface area (Å²) in [4.78, 5) is 17.7. The van der Waals surface area contributed by atoms with Crippen LogP contribution < -0.4 is 4.80 Å². The number of unbranched alkanes of at least 4 members (excludes halogenated alkanes) is 1. The van der Waals surface area contributed by atoms with Crippen LogP contribution in [0, 0.1) is 6.92 Å². The van der Waals surface area contributed by atoms with Crippen molar-refractivity contribution in [2.45, 2.75) is 38.5 Å². The third kappa shape index (κ3) is 4.92. The Labute approximate surface area is 191 Å². The Morgan fingerprint density at radius 2 is 1.87 bits per heavy atom. The lowest BCUT2D eigenvalue weighted by Gasteiger charge is -2.20. The van der Waals surface area contributed by atoms with Crippen LogP contribution in [0.3, 0.4) is 0 Å². The molecular weight excluding hydrogens is 454 g/mol. The standard InChI is InChI=1S/C22H26ClN3O3S2/c1-5-7-12-26(6-2)31(28,29)18-10-8-16(9-11-18)21(27)24-22-25(4)20-15(3)13-17(23)14-19(20)30-22/h8-11,13-14H,5-7,12H2,1-4H3. The molecule has 6 nitrogen and oxygen atoms in total. The van der Waals surface area contributed by atoms with Gasteiger partial charge in [0.25, 0.3) is 5.91 Å². The first-order chi connectivity index (χ1) is 14.7. The smallest absolute Gasteiger partial charge is 0.279 e. The number of hydrogen-bond donors (Lipinski definition) is 0. The first-order valence-corrected chi connectivity index (χ1v) is 12.8. The summed E-state index contributed by atoms with van der Waals surface area (Å²) in [6, 6.07) is 9.71. The molecular formula is C22H26ClN3O3S2. The van der Waals surface area contributed by atoms with Crippen LogP contribution in [0.5, 0.6) is 0 Å². The minimum absolute atomic E-state index is 0.180. The van der Waals surface area contributed by atoms with Gasteiger partial charge in [0.05, 0.1) is 15.1 Å². The lowest BCUT2D eigenvalue weighted by molar-refractivity contribution is 0.0998. The van der Waals surface area contributed by atoms with Crippen LogP contribution >= 0.6 is 22.9 Å². The molecule has 0 bridgehead atoms. The van der Waals surface area contributed by atoms with Crippen molar-refractivity contribution in [2.24, 2.45) is 12.0 Å². The van der Waals surface area contributed by atoms with Gasteiger partial charge in [0, 0.05) is 30.7 Å². The van der Waals surface area contributed by atoms with Crippen molar-refractivity contribution in [2.75, 3.05) is 13.1 Å². The van der Waals surface area contributed by atoms with Gasteiger partial charge in [0.2, 0.25) is 10.0 Å². The Morgan fingerprint density at radius 3 is 2.48 bits per heavy atom. The SMILES string of the molecule is CCCCN(CC)S(=O)(=O)c1ccc(C(=O)N=c2sc3cc(Cl)cc(C)c3n2C)cc1. The number of hydrogen-bond acceptors (Lipinski definition) is 4. The Hall–Kier alpha value is -2.00. The van der Waals surface area contributed by atoms with Crippen LogP contribution in [-0.2, 0) is 17.1 Å². The molecule has 0 saturated heterocycles. The predicted molar refractivity (Wildman–Crippen MR) is 126 cm³/mol. The van der Waals surface area contributed by atoms with Gasteiger partial charge < -0.3 is 4.57 Å². The molecule has 0 aliphatic rings. The van der Waals surface area contributed by atoms with E-state index in [-0.39, 0.29) is 4.90 Å². The molecule has 3 rings (SSSR count). The number of aryl methyl sites for hydroxylation is 2. The van der Waals surface area contributed by atoms with Gasteiger partial charge in [0.15, 0.2) is 4.80 Å². The molecule has 0 aliphatic heterocycles. The quantitative estimate of drug-likeness (QED) is 0.490. The Bertz CT molecular complexity index is 1280. The van der Waals surface area contributed by atoms with Crippen LogP contribution in [0.15, 0.2) is 46.3 Å². The van der Waals surface area contributed by atoms with Crippen molar-refractivity contribution in [1.82, 2.24) is 8.87 Å². The van der Waals surface area contributed by atoms with Crippen molar-refractivity contribution >= 4 is 49.1 Å². The number of nitrogens with zero attached hydrogens (tertiary/aromatic N) is 3. The van der Waals surface area contributed by atoms with E-state index in [0.717, 1.165) is 28.6 Å². The van der Waals surface area contributed by atoms with Crippen molar-refractivity contribution in [1.29, 1.82) is 0 Å². The van der Waals surface area contributed by atoms with Crippen molar-refractivity contribution in [3.05, 3.63) is 57.3 Å². The summed E-state index contributed by atoms with van der Waals surface area (Å²) in [5, 5.41) is 0.640. The van der Waals surface area contributed by atoms with Crippen molar-refractivity contribution < 1.29 is 13.2 Å². The van der Waals surface area contributed by atoms with Crippen LogP contribution in [0.1, 0.15) is 42.6 Å². The second-order valence-corrected chi connectivity index (χ2v) is 10.7. The number of halogens is 1. The number of carbonyl (C=O) groups excluding carboxylic acids is 1. The fourth-order valence-corrected chi connectivity index (χ4v) is 6.38. The van der Waals surface area contributed by atoms with Gasteiger partial charge >= 0.3 is 0 Å². The Kier molecular flexibility index (Phi) is 7.36. The van der Waals surface area contributed by atoms with Crippen molar-refractivity contribution in [3.63, 3.8) is 0 Å². The molecule has 0 N–H and O–H groups in total. The minimum Gasteiger partial charge on any atom is -0.319 e. The third-order valence-corrected chi connectivity index (χ3v) is 8.39. The average Bonchev–Trinajstić information content (AvgIpc) is 3.03. The molecule has 0 aliphatic carbocycles. The maximum atomic E-state index is 12.9. The van der Waals surface area contributed by atoms with E-state index in [4.69, 9.17) is 11.6 Å². The van der Waals surface area contributed by atoms with E-state index in [0.29, 0.717) is 28.5 Å². The van der Waals surface area contributed by atoms with Gasteiger partial charge in [-0.05, 0) is 55.3 Å². The minimum atomic E-state index is -3.58. The molecule has 166 valence electrons. The zero-order chi connectivity index (χ0) is 22.8. The second kappa shape index (κ2) is 9.65. The lowest BCUT2D eigenvalue weighted by Crippen LogP contribution is -2.31. The van der Waals surface area contributed by atoms with Crippen molar-refractivity contribution in [3.8, 4) is 0 Å². The number of rotatable bonds is 7. The molecule has 0 radical (unpaired) electrons. The summed E-state index contributed by atoms with van der Waals surface area (Å²) in [5.74, 6) is -0.423. The van der Waals surface area contributed by atoms with E-state index >= 15 is 0 Å². The van der Waals surface area contributed by atoms with Gasteiger partial charge in [-0.25, -0.2) is 8.42 Å². The normalized spacial score (nSPS) is 12.8. The molecule has 2 aromatic carbocycles. The number of fused-ring (bicyclic) bond motifs is 1. The van der Waals surface area contributed by atoms with Gasteiger partial charge in [0.1, 0.15) is 0 Å². The number of benzene rings is 2. The average molecular weight is 480 g/mol. The van der Waals surface area contributed by atoms with E-state index in [2.05, 4.69) is 4.99 Å². The summed E-state index contributed by atoms with van der Waals surface area (Å²) in [6.07, 6.45) is 1.72. The van der Waals surface area contributed by atoms with E-state index in [9.17, 15) is 13.2 Å². The number of sulfonamides is 1. The first kappa shape index (κ1) is 23.7. The highest BCUT2D eigenvalue weighted by Gasteiger charge is 2.22. The van der Waals surface area contributed by atoms with E-state index < -0.39 is 15.9 Å². The molecule has 0 fully saturated rings. The van der Waals surface area contributed by atoms with Crippen LogP contribution in [-0.4, -0.2) is 36.3 Å². The van der Waals surface area contributed by atoms with E-state index in [1.807, 2.05) is 44.5 Å². The molecule has 0 atom stereocenters. The molecule has 1 heterocycles. The largest absolute Gasteiger partial charge is 0.319 e. The molecule has 0 spiro atoms. The Morgan fingerprint density at radius 1 is 1.19 bits per heavy atom. The topological polar surface area (TPSA) is 71.7 Å². The van der Waals surface area contributed by atoms with Gasteiger partial charge in [-0.3, -0.25) is 4.79 Å². The van der Waals surface area contributed by atoms with Crippen LogP contribution in [0.4, 0.5) is 0 Å². The molecule has 1 aromatic heterocycles. The predicted octanol–water partition coefficient (Wildman–Crippen LogP) is 4.75. The monoisotopic (exact) mass is 479 g/mol. The summed E-state index contributed by atoms with van der Waals surface area (Å²) in [5.41, 5.74) is 2.32. The highest BCUT2D eigenvalue weighted by Crippen LogP contribution is 2.25. The number of carbonyl (C=O) groups is 1. The van der Waals surface area contributed by atoms with Crippen LogP contribution in [0.25, 0.3) is 10.2 Å². The fourth-order valence-electron chi connectivity index (χ4n) is 3.43. The van der Waals surface area contributed by atoms with Gasteiger partial charge in [-0.1, -0.05) is 43.2 Å². The highest BCUT2D eigenvalue weighted by molar-refractivity contribution is 7.89. The molecule has 0 saturated carbocycles. The maximum Gasteiger partial charge on any atom is 0.279 e. The fraction of sp³-hybridized carbons (Fsp3) is 0.364. The lowest BCUT2D eigenvalue weighted by atomic mass is 10.2. The van der Waals surface area contributed by atoms with Gasteiger partial charge in [-0.2, -0.15) is 9.30 Å². The third-order valence-electron chi connectivity index (χ3n) is 5.10. The zero-order valence-electron chi connectivity index (χ0n) is 18.1. The Balaban J connectivity index is 1.91. The van der Waals surface area contributed by atoms with E-state index in [1.165, 1.54) is 39.9 Å². The summed E-state index contributed by atoms with van der Waals surface area (Å²) < 4.78 is 30.0. The number of amides is 1. The number of thiazole rings is 1. The summed E-state index contributed by atoms with van der Waals surface area (Å²) in [7, 11) is -1.72. The first-order valence-electron chi connectivity index (χ1n) is 10.1. The molecule has 31 heavy (non-hydrogen) atoms. The maximum absolute atomic E-state index is 12.9. The van der Waals surface area contributed by atoms with Gasteiger partial charge in [-0.15, -0.1) is 0 Å². The molecule has 1 amide bonds. The summed E-state index contributed by atoms with van der Waals surface area (Å²) in [6.45, 7) is 6.70. The molecule has 3 aromatic rings. The number of aromatic nitrogens is 1. The molecule has 9 heteroatoms. The highest BCUT2D eigenvalue weighted by atomic mass is 35.5.